The van der Waals surface area contributed by atoms with Crippen molar-refractivity contribution < 1.29 is 5.11 Å². The fourth-order valence-electron chi connectivity index (χ4n) is 0.224. The molecule has 0 heterocycles. The van der Waals surface area contributed by atoms with Gasteiger partial charge in [-0.25, -0.2) is 0 Å². The number of aliphatic hydroxyl groups excluding tert-OH is 1. The lowest BCUT2D eigenvalue weighted by Gasteiger charge is -2.07. The van der Waals surface area contributed by atoms with Crippen molar-refractivity contribution in [3.8, 4) is 0 Å². The molecular weight excluding hydrogens is 126 g/mol. The molecule has 0 fully saturated rings. The average Bonchev–Trinajstić information content (AvgIpc) is 2.03. The first-order valence-corrected chi connectivity index (χ1v) is 4.02. The van der Waals surface area contributed by atoms with Crippen molar-refractivity contribution in [1.29, 1.82) is 0 Å². The molecule has 0 aliphatic carbocycles. The van der Waals surface area contributed by atoms with Gasteiger partial charge in [-0.1, -0.05) is 20.8 Å². The molecule has 2 heteroatoms. The lowest BCUT2D eigenvalue weighted by atomic mass is 10.5. The van der Waals surface area contributed by atoms with E-state index in [0.717, 1.165) is 19.5 Å². The van der Waals surface area contributed by atoms with Gasteiger partial charge in [-0.15, -0.1) is 0 Å². The van der Waals surface area contributed by atoms with Gasteiger partial charge in [0.1, 0.15) is 0 Å². The Morgan fingerprint density at radius 1 is 1.10 bits per heavy atom. The van der Waals surface area contributed by atoms with Gasteiger partial charge in [0.25, 0.3) is 0 Å². The maximum Gasteiger partial charge on any atom is 0.0428 e. The van der Waals surface area contributed by atoms with Crippen molar-refractivity contribution in [1.82, 2.24) is 4.90 Å². The minimum atomic E-state index is 0.319. The van der Waals surface area contributed by atoms with Crippen LogP contribution in [0.3, 0.4) is 0 Å². The maximum atomic E-state index is 7.88. The van der Waals surface area contributed by atoms with Crippen molar-refractivity contribution >= 4 is 0 Å². The van der Waals surface area contributed by atoms with Gasteiger partial charge in [0.05, 0.1) is 0 Å². The Labute approximate surface area is 64.9 Å². The van der Waals surface area contributed by atoms with E-state index in [1.807, 2.05) is 6.92 Å². The minimum absolute atomic E-state index is 0.319. The van der Waals surface area contributed by atoms with Crippen LogP contribution < -0.4 is 0 Å². The molecule has 0 radical (unpaired) electrons. The third-order valence-corrected chi connectivity index (χ3v) is 1.30. The summed E-state index contributed by atoms with van der Waals surface area (Å²) in [5, 5.41) is 7.88. The quantitative estimate of drug-likeness (QED) is 0.651. The molecule has 0 atom stereocenters. The van der Waals surface area contributed by atoms with Crippen molar-refractivity contribution in [2.75, 3.05) is 26.7 Å². The van der Waals surface area contributed by atoms with Gasteiger partial charge >= 0.3 is 0 Å². The van der Waals surface area contributed by atoms with Crippen molar-refractivity contribution in [2.24, 2.45) is 0 Å². The number of hydrogen-bond donors (Lipinski definition) is 1. The van der Waals surface area contributed by atoms with Crippen LogP contribution in [0.25, 0.3) is 0 Å². The summed E-state index contributed by atoms with van der Waals surface area (Å²) in [5.41, 5.74) is 0. The highest BCUT2D eigenvalue weighted by Crippen LogP contribution is 1.73. The van der Waals surface area contributed by atoms with Gasteiger partial charge in [-0.05, 0) is 26.6 Å². The van der Waals surface area contributed by atoms with E-state index in [2.05, 4.69) is 25.8 Å². The molecule has 0 aromatic carbocycles. The van der Waals surface area contributed by atoms with Crippen molar-refractivity contribution in [3.63, 3.8) is 0 Å². The van der Waals surface area contributed by atoms with Crippen LogP contribution in [-0.4, -0.2) is 36.8 Å². The Morgan fingerprint density at radius 3 is 1.40 bits per heavy atom. The molecular formula is C8H21NO. The Bertz CT molecular complexity index is 42.5. The van der Waals surface area contributed by atoms with Gasteiger partial charge in [-0.3, -0.25) is 0 Å². The van der Waals surface area contributed by atoms with Crippen LogP contribution in [0.5, 0.6) is 0 Å². The van der Waals surface area contributed by atoms with E-state index in [1.54, 1.807) is 0 Å². The fraction of sp³-hybridized carbons (Fsp3) is 1.00. The minimum Gasteiger partial charge on any atom is -0.396 e. The van der Waals surface area contributed by atoms with Crippen LogP contribution >= 0.6 is 0 Å². The highest BCUT2D eigenvalue weighted by molar-refractivity contribution is 4.36. The van der Waals surface area contributed by atoms with Gasteiger partial charge in [0.15, 0.2) is 0 Å². The summed E-state index contributed by atoms with van der Waals surface area (Å²) in [5.74, 6) is 0. The largest absolute Gasteiger partial charge is 0.396 e. The van der Waals surface area contributed by atoms with Crippen LogP contribution in [0.1, 0.15) is 27.2 Å². The Kier molecular flexibility index (Phi) is 14.7. The van der Waals surface area contributed by atoms with Crippen molar-refractivity contribution in [2.45, 2.75) is 27.2 Å². The summed E-state index contributed by atoms with van der Waals surface area (Å²) in [7, 11) is 2.11. The predicted octanol–water partition coefficient (Wildman–Crippen LogP) is 1.35. The molecule has 0 aliphatic rings. The topological polar surface area (TPSA) is 23.5 Å². The third-order valence-electron chi connectivity index (χ3n) is 1.30. The first kappa shape index (κ1) is 12.6. The number of rotatable bonds is 3. The van der Waals surface area contributed by atoms with Crippen LogP contribution in [0, 0.1) is 0 Å². The molecule has 0 aromatic heterocycles. The smallest absolute Gasteiger partial charge is 0.0428 e. The molecule has 64 valence electrons. The number of nitrogens with zero attached hydrogens (tertiary/aromatic N) is 1. The zero-order valence-electron chi connectivity index (χ0n) is 7.72. The first-order chi connectivity index (χ1) is 4.72. The van der Waals surface area contributed by atoms with E-state index < -0.39 is 0 Å². The van der Waals surface area contributed by atoms with Crippen LogP contribution in [0.15, 0.2) is 0 Å². The SMILES string of the molecule is CCCO.CCN(C)CC. The third kappa shape index (κ3) is 15.7. The second kappa shape index (κ2) is 11.7. The fourth-order valence-corrected chi connectivity index (χ4v) is 0.224. The monoisotopic (exact) mass is 147 g/mol. The molecule has 0 amide bonds. The summed E-state index contributed by atoms with van der Waals surface area (Å²) < 4.78 is 0. The van der Waals surface area contributed by atoms with E-state index in [9.17, 15) is 0 Å². The molecule has 0 saturated heterocycles. The molecule has 0 rings (SSSR count). The number of hydrogen-bond acceptors (Lipinski definition) is 2. The van der Waals surface area contributed by atoms with Gasteiger partial charge < -0.3 is 10.0 Å². The van der Waals surface area contributed by atoms with Crippen LogP contribution in [-0.2, 0) is 0 Å². The van der Waals surface area contributed by atoms with Gasteiger partial charge in [0.2, 0.25) is 0 Å². The molecule has 1 N–H and O–H groups in total. The summed E-state index contributed by atoms with van der Waals surface area (Å²) in [6.45, 7) is 8.89. The lowest BCUT2D eigenvalue weighted by Crippen LogP contribution is -2.15. The van der Waals surface area contributed by atoms with E-state index in [4.69, 9.17) is 5.11 Å². The highest BCUT2D eigenvalue weighted by Gasteiger charge is 1.81. The lowest BCUT2D eigenvalue weighted by molar-refractivity contribution is 0.295. The normalized spacial score (nSPS) is 9.00. The van der Waals surface area contributed by atoms with E-state index in [0.29, 0.717) is 6.61 Å². The van der Waals surface area contributed by atoms with Crippen LogP contribution in [0.4, 0.5) is 0 Å². The molecule has 10 heavy (non-hydrogen) atoms. The zero-order valence-corrected chi connectivity index (χ0v) is 7.72. The first-order valence-electron chi connectivity index (χ1n) is 4.02. The highest BCUT2D eigenvalue weighted by atomic mass is 16.2. The Hall–Kier alpha value is -0.0800. The molecule has 2 nitrogen and oxygen atoms in total. The molecule has 0 saturated carbocycles. The maximum absolute atomic E-state index is 7.88. The summed E-state index contributed by atoms with van der Waals surface area (Å²) >= 11 is 0. The second-order valence-corrected chi connectivity index (χ2v) is 2.21. The predicted molar refractivity (Wildman–Crippen MR) is 46.2 cm³/mol. The van der Waals surface area contributed by atoms with Gasteiger partial charge in [0, 0.05) is 6.61 Å². The zero-order chi connectivity index (χ0) is 8.41. The summed E-state index contributed by atoms with van der Waals surface area (Å²) in [6, 6.07) is 0. The molecule has 0 bridgehead atoms. The summed E-state index contributed by atoms with van der Waals surface area (Å²) in [4.78, 5) is 2.25. The Morgan fingerprint density at radius 2 is 1.40 bits per heavy atom. The molecule has 0 unspecified atom stereocenters. The summed E-state index contributed by atoms with van der Waals surface area (Å²) in [6.07, 6.45) is 0.875. The van der Waals surface area contributed by atoms with Crippen LogP contribution in [0.2, 0.25) is 0 Å². The van der Waals surface area contributed by atoms with Gasteiger partial charge in [-0.2, -0.15) is 0 Å². The molecule has 0 aliphatic heterocycles. The standard InChI is InChI=1S/C5H13N.C3H8O/c1-4-6(3)5-2;1-2-3-4/h4-5H2,1-3H3;4H,2-3H2,1H3. The molecule has 0 spiro atoms. The Balaban J connectivity index is 0. The average molecular weight is 147 g/mol. The van der Waals surface area contributed by atoms with E-state index in [1.165, 1.54) is 0 Å². The molecule has 0 aromatic rings. The van der Waals surface area contributed by atoms with Crippen molar-refractivity contribution in [3.05, 3.63) is 0 Å². The second-order valence-electron chi connectivity index (χ2n) is 2.21. The van der Waals surface area contributed by atoms with E-state index >= 15 is 0 Å². The van der Waals surface area contributed by atoms with E-state index in [-0.39, 0.29) is 0 Å². The number of aliphatic hydroxyl groups is 1.